The zero-order valence-electron chi connectivity index (χ0n) is 10.4. The molecule has 0 spiro atoms. The second-order valence-electron chi connectivity index (χ2n) is 4.85. The molecular weight excluding hydrogens is 158 g/mol. The van der Waals surface area contributed by atoms with E-state index in [0.717, 1.165) is 0 Å². The van der Waals surface area contributed by atoms with Gasteiger partial charge in [0.15, 0.2) is 0 Å². The average molecular weight is 185 g/mol. The van der Waals surface area contributed by atoms with Crippen molar-refractivity contribution in [3.05, 3.63) is 0 Å². The summed E-state index contributed by atoms with van der Waals surface area (Å²) in [7, 11) is 0. The number of hydrogen-bond donors (Lipinski definition) is 0. The van der Waals surface area contributed by atoms with Gasteiger partial charge < -0.3 is 0 Å². The molecule has 0 unspecified atom stereocenters. The zero-order valence-corrected chi connectivity index (χ0v) is 10.4. The van der Waals surface area contributed by atoms with E-state index in [1.807, 2.05) is 0 Å². The van der Waals surface area contributed by atoms with Crippen LogP contribution in [0.15, 0.2) is 0 Å². The molecule has 0 N–H and O–H groups in total. The lowest BCUT2D eigenvalue weighted by molar-refractivity contribution is 0.0762. The lowest BCUT2D eigenvalue weighted by Gasteiger charge is -2.41. The molecule has 13 heavy (non-hydrogen) atoms. The van der Waals surface area contributed by atoms with E-state index >= 15 is 0 Å². The molecule has 0 aromatic rings. The summed E-state index contributed by atoms with van der Waals surface area (Å²) < 4.78 is 0. The fraction of sp³-hybridized carbons (Fsp3) is 1.00. The van der Waals surface area contributed by atoms with Crippen molar-refractivity contribution in [3.63, 3.8) is 0 Å². The molecule has 0 rings (SSSR count). The van der Waals surface area contributed by atoms with Gasteiger partial charge in [-0.15, -0.1) is 0 Å². The topological polar surface area (TPSA) is 3.24 Å². The smallest absolute Gasteiger partial charge is 0.0155 e. The van der Waals surface area contributed by atoms with E-state index in [-0.39, 0.29) is 0 Å². The van der Waals surface area contributed by atoms with Crippen LogP contribution in [0.5, 0.6) is 0 Å². The summed E-state index contributed by atoms with van der Waals surface area (Å²) in [5.41, 5.74) is 0.374. The van der Waals surface area contributed by atoms with Crippen molar-refractivity contribution in [1.29, 1.82) is 0 Å². The van der Waals surface area contributed by atoms with Gasteiger partial charge in [-0.1, -0.05) is 20.3 Å². The van der Waals surface area contributed by atoms with E-state index < -0.39 is 0 Å². The molecule has 0 radical (unpaired) electrons. The van der Waals surface area contributed by atoms with Crippen molar-refractivity contribution in [2.75, 3.05) is 6.54 Å². The minimum Gasteiger partial charge on any atom is -0.296 e. The molecule has 0 aromatic heterocycles. The molecule has 0 aliphatic carbocycles. The van der Waals surface area contributed by atoms with Gasteiger partial charge in [0.25, 0.3) is 0 Å². The summed E-state index contributed by atoms with van der Waals surface area (Å²) in [4.78, 5) is 2.62. The minimum atomic E-state index is 0.374. The van der Waals surface area contributed by atoms with Gasteiger partial charge in [0.2, 0.25) is 0 Å². The lowest BCUT2D eigenvalue weighted by atomic mass is 9.94. The quantitative estimate of drug-likeness (QED) is 0.610. The maximum atomic E-state index is 2.62. The first-order chi connectivity index (χ1) is 5.95. The van der Waals surface area contributed by atoms with Gasteiger partial charge in [-0.25, -0.2) is 0 Å². The summed E-state index contributed by atoms with van der Waals surface area (Å²) >= 11 is 0. The van der Waals surface area contributed by atoms with E-state index in [1.54, 1.807) is 0 Å². The normalized spacial score (nSPS) is 12.9. The zero-order chi connectivity index (χ0) is 10.5. The first kappa shape index (κ1) is 13.0. The fourth-order valence-corrected chi connectivity index (χ4v) is 2.26. The molecule has 0 atom stereocenters. The molecule has 0 fully saturated rings. The Kier molecular flexibility index (Phi) is 5.62. The Hall–Kier alpha value is -0.0400. The van der Waals surface area contributed by atoms with Gasteiger partial charge in [0.1, 0.15) is 0 Å². The van der Waals surface area contributed by atoms with Gasteiger partial charge in [-0.05, 0) is 47.1 Å². The molecule has 0 saturated carbocycles. The van der Waals surface area contributed by atoms with Crippen molar-refractivity contribution >= 4 is 0 Å². The number of rotatable bonds is 6. The molecule has 0 saturated heterocycles. The molecule has 0 amide bonds. The van der Waals surface area contributed by atoms with Gasteiger partial charge in [-0.3, -0.25) is 4.90 Å². The summed E-state index contributed by atoms with van der Waals surface area (Å²) in [6.45, 7) is 15.1. The van der Waals surface area contributed by atoms with E-state index in [2.05, 4.69) is 46.4 Å². The molecule has 0 aromatic carbocycles. The predicted octanol–water partition coefficient (Wildman–Crippen LogP) is 3.69. The third kappa shape index (κ3) is 4.12. The van der Waals surface area contributed by atoms with E-state index in [0.29, 0.717) is 11.6 Å². The molecule has 0 bridgehead atoms. The summed E-state index contributed by atoms with van der Waals surface area (Å²) in [5, 5.41) is 0. The Labute approximate surface area is 84.5 Å². The van der Waals surface area contributed by atoms with E-state index in [4.69, 9.17) is 0 Å². The van der Waals surface area contributed by atoms with Crippen molar-refractivity contribution in [2.45, 2.75) is 72.4 Å². The second kappa shape index (κ2) is 5.64. The van der Waals surface area contributed by atoms with Crippen LogP contribution in [-0.4, -0.2) is 23.0 Å². The second-order valence-corrected chi connectivity index (χ2v) is 4.85. The Balaban J connectivity index is 4.32. The highest BCUT2D eigenvalue weighted by atomic mass is 15.2. The van der Waals surface area contributed by atoms with Gasteiger partial charge in [0.05, 0.1) is 0 Å². The number of hydrogen-bond acceptors (Lipinski definition) is 1. The van der Waals surface area contributed by atoms with Crippen LogP contribution in [0.25, 0.3) is 0 Å². The maximum absolute atomic E-state index is 2.62. The van der Waals surface area contributed by atoms with E-state index in [1.165, 1.54) is 25.8 Å². The third-order valence-electron chi connectivity index (χ3n) is 2.73. The highest BCUT2D eigenvalue weighted by Crippen LogP contribution is 2.23. The first-order valence-electron chi connectivity index (χ1n) is 5.72. The third-order valence-corrected chi connectivity index (χ3v) is 2.73. The molecule has 1 nitrogen and oxygen atoms in total. The van der Waals surface area contributed by atoms with Crippen LogP contribution in [0.4, 0.5) is 0 Å². The van der Waals surface area contributed by atoms with Crippen molar-refractivity contribution in [1.82, 2.24) is 4.90 Å². The summed E-state index contributed by atoms with van der Waals surface area (Å²) in [5.74, 6) is 0. The molecule has 0 aliphatic rings. The van der Waals surface area contributed by atoms with Crippen LogP contribution in [-0.2, 0) is 0 Å². The van der Waals surface area contributed by atoms with Crippen molar-refractivity contribution in [2.24, 2.45) is 0 Å². The lowest BCUT2D eigenvalue weighted by Crippen LogP contribution is -2.48. The average Bonchev–Trinajstić information content (AvgIpc) is 1.99. The fourth-order valence-electron chi connectivity index (χ4n) is 2.26. The standard InChI is InChI=1S/C12H27N/c1-7-9-12(5,6)13(10-8-2)11(3)4/h11H,7-10H2,1-6H3. The molecule has 0 aliphatic heterocycles. The summed E-state index contributed by atoms with van der Waals surface area (Å²) in [6.07, 6.45) is 3.83. The minimum absolute atomic E-state index is 0.374. The SMILES string of the molecule is CCCN(C(C)C)C(C)(C)CCC. The Morgan fingerprint density at radius 3 is 1.92 bits per heavy atom. The van der Waals surface area contributed by atoms with Crippen LogP contribution >= 0.6 is 0 Å². The van der Waals surface area contributed by atoms with Crippen LogP contribution in [0.2, 0.25) is 0 Å². The van der Waals surface area contributed by atoms with E-state index in [9.17, 15) is 0 Å². The summed E-state index contributed by atoms with van der Waals surface area (Å²) in [6, 6.07) is 0.668. The largest absolute Gasteiger partial charge is 0.296 e. The molecule has 1 heteroatoms. The Morgan fingerprint density at radius 1 is 1.08 bits per heavy atom. The van der Waals surface area contributed by atoms with Crippen LogP contribution in [0.3, 0.4) is 0 Å². The van der Waals surface area contributed by atoms with Crippen LogP contribution in [0.1, 0.15) is 60.8 Å². The molecule has 0 heterocycles. The molecular formula is C12H27N. The van der Waals surface area contributed by atoms with Crippen molar-refractivity contribution in [3.8, 4) is 0 Å². The van der Waals surface area contributed by atoms with Crippen molar-refractivity contribution < 1.29 is 0 Å². The van der Waals surface area contributed by atoms with Gasteiger partial charge >= 0.3 is 0 Å². The highest BCUT2D eigenvalue weighted by Gasteiger charge is 2.26. The highest BCUT2D eigenvalue weighted by molar-refractivity contribution is 4.82. The Bertz CT molecular complexity index is 127. The van der Waals surface area contributed by atoms with Crippen LogP contribution < -0.4 is 0 Å². The monoisotopic (exact) mass is 185 g/mol. The Morgan fingerprint density at radius 2 is 1.62 bits per heavy atom. The molecule has 80 valence electrons. The van der Waals surface area contributed by atoms with Gasteiger partial charge in [0, 0.05) is 11.6 Å². The first-order valence-corrected chi connectivity index (χ1v) is 5.72. The predicted molar refractivity (Wildman–Crippen MR) is 61.1 cm³/mol. The number of nitrogens with zero attached hydrogens (tertiary/aromatic N) is 1. The van der Waals surface area contributed by atoms with Gasteiger partial charge in [-0.2, -0.15) is 0 Å². The maximum Gasteiger partial charge on any atom is 0.0155 e. The van der Waals surface area contributed by atoms with Crippen LogP contribution in [0, 0.1) is 0 Å².